The summed E-state index contributed by atoms with van der Waals surface area (Å²) in [6.07, 6.45) is 0.541. The number of hydrogen-bond donors (Lipinski definition) is 0. The van der Waals surface area contributed by atoms with Gasteiger partial charge in [-0.3, -0.25) is 9.59 Å². The van der Waals surface area contributed by atoms with E-state index in [0.29, 0.717) is 24.3 Å². The Morgan fingerprint density at radius 3 is 2.73 bits per heavy atom. The zero-order valence-electron chi connectivity index (χ0n) is 21.7. The van der Waals surface area contributed by atoms with Gasteiger partial charge in [-0.25, -0.2) is 23.3 Å². The van der Waals surface area contributed by atoms with Crippen molar-refractivity contribution in [1.82, 2.24) is 29.4 Å². The van der Waals surface area contributed by atoms with Crippen LogP contribution in [0.1, 0.15) is 37.7 Å². The van der Waals surface area contributed by atoms with E-state index < -0.39 is 25.1 Å². The second-order valence-corrected chi connectivity index (χ2v) is 12.4. The highest BCUT2D eigenvalue weighted by Gasteiger charge is 2.44. The molecule has 210 valence electrons. The Kier molecular flexibility index (Phi) is 6.66. The van der Waals surface area contributed by atoms with Gasteiger partial charge in [-0.15, -0.1) is 11.3 Å². The van der Waals surface area contributed by atoms with Crippen LogP contribution in [0.25, 0.3) is 4.96 Å². The van der Waals surface area contributed by atoms with Gasteiger partial charge in [0.25, 0.3) is 17.7 Å². The molecule has 2 aliphatic rings. The van der Waals surface area contributed by atoms with E-state index >= 15 is 0 Å². The molecular weight excluding hydrogens is 584 g/mol. The maximum Gasteiger partial charge on any atom is 0.282 e. The topological polar surface area (TPSA) is 96.2 Å². The number of aromatic nitrogens is 4. The Hall–Kier alpha value is -3.36. The van der Waals surface area contributed by atoms with Crippen LogP contribution in [0.5, 0.6) is 5.75 Å². The third kappa shape index (κ3) is 4.77. The lowest BCUT2D eigenvalue weighted by molar-refractivity contribution is -0.135. The van der Waals surface area contributed by atoms with Crippen LogP contribution in [-0.2, 0) is 11.2 Å². The van der Waals surface area contributed by atoms with E-state index in [0.717, 1.165) is 26.2 Å². The molecule has 0 aromatic carbocycles. The number of halogens is 3. The third-order valence-electron chi connectivity index (χ3n) is 6.76. The number of ether oxygens (including phenoxy) is 1. The number of nitrogens with zero attached hydrogens (tertiary/aromatic N) is 7. The number of thiophene rings is 1. The number of carbonyl (C=O) groups excluding carboxylic acids is 2. The van der Waals surface area contributed by atoms with Gasteiger partial charge in [-0.1, -0.05) is 22.9 Å². The van der Waals surface area contributed by atoms with Crippen LogP contribution in [0, 0.1) is 6.92 Å². The Bertz CT molecular complexity index is 1630. The van der Waals surface area contributed by atoms with Crippen molar-refractivity contribution in [1.29, 1.82) is 0 Å². The summed E-state index contributed by atoms with van der Waals surface area (Å²) in [5.74, 6) is -2.66. The predicted octanol–water partition coefficient (Wildman–Crippen LogP) is 3.92. The van der Waals surface area contributed by atoms with E-state index in [9.17, 15) is 18.4 Å². The molecule has 0 N–H and O–H groups in total. The first-order chi connectivity index (χ1) is 19.0. The molecule has 4 aromatic heterocycles. The Balaban J connectivity index is 1.26. The highest BCUT2D eigenvalue weighted by Crippen LogP contribution is 2.40. The summed E-state index contributed by atoms with van der Waals surface area (Å²) in [6, 6.07) is 4.36. The van der Waals surface area contributed by atoms with Crippen molar-refractivity contribution in [3.05, 3.63) is 55.6 Å². The summed E-state index contributed by atoms with van der Waals surface area (Å²) in [5, 5.41) is 7.25. The number of hydrogen-bond acceptors (Lipinski definition) is 9. The molecular formula is C25H24ClF2N7O3S2. The Morgan fingerprint density at radius 2 is 2.02 bits per heavy atom. The summed E-state index contributed by atoms with van der Waals surface area (Å²) in [4.78, 5) is 41.4. The first kappa shape index (κ1) is 26.8. The third-order valence-corrected chi connectivity index (χ3v) is 8.84. The molecule has 2 aliphatic heterocycles. The molecule has 2 amide bonds. The predicted molar refractivity (Wildman–Crippen MR) is 147 cm³/mol. The van der Waals surface area contributed by atoms with Gasteiger partial charge in [0.2, 0.25) is 4.96 Å². The minimum absolute atomic E-state index is 0.0152. The van der Waals surface area contributed by atoms with Gasteiger partial charge in [0.15, 0.2) is 17.5 Å². The highest BCUT2D eigenvalue weighted by atomic mass is 35.5. The van der Waals surface area contributed by atoms with Gasteiger partial charge in [0.05, 0.1) is 30.0 Å². The largest absolute Gasteiger partial charge is 0.481 e. The fraction of sp³-hybridized carbons (Fsp3) is 0.400. The van der Waals surface area contributed by atoms with Crippen LogP contribution in [-0.4, -0.2) is 87.5 Å². The molecule has 1 saturated heterocycles. The number of alkyl halides is 2. The van der Waals surface area contributed by atoms with Crippen LogP contribution in [0.15, 0.2) is 23.6 Å². The molecule has 40 heavy (non-hydrogen) atoms. The van der Waals surface area contributed by atoms with Crippen molar-refractivity contribution in [2.45, 2.75) is 25.3 Å². The van der Waals surface area contributed by atoms with Crippen LogP contribution in [0.4, 0.5) is 14.6 Å². The summed E-state index contributed by atoms with van der Waals surface area (Å²) >= 11 is 9.14. The molecule has 15 heteroatoms. The van der Waals surface area contributed by atoms with Gasteiger partial charge in [0, 0.05) is 37.3 Å². The maximum atomic E-state index is 13.6. The molecule has 0 bridgehead atoms. The van der Waals surface area contributed by atoms with E-state index in [4.69, 9.17) is 21.3 Å². The van der Waals surface area contributed by atoms with Crippen molar-refractivity contribution in [3.63, 3.8) is 0 Å². The number of carbonyl (C=O) groups is 2. The summed E-state index contributed by atoms with van der Waals surface area (Å²) in [7, 11) is 3.38. The van der Waals surface area contributed by atoms with Gasteiger partial charge in [-0.05, 0) is 25.1 Å². The number of anilines is 1. The standard InChI is InChI=1S/C25H24ClF2N7O3S2/c1-13-31-35-20-15(29-24(35)40-13)6-7-34(21(20)17-8-14(10-39-17)23(37)32(2)3)19(36)9-38-16-4-5-18(30-22(16)26)33-11-25(27,28)12-33/h4-5,8,10,21H,6-7,9,11-12H2,1-3H3. The van der Waals surface area contributed by atoms with E-state index in [1.54, 1.807) is 35.0 Å². The second-order valence-electron chi connectivity index (χ2n) is 9.90. The number of pyridine rings is 1. The summed E-state index contributed by atoms with van der Waals surface area (Å²) in [6.45, 7) is 1.14. The Labute approximate surface area is 240 Å². The van der Waals surface area contributed by atoms with E-state index in [-0.39, 0.29) is 29.3 Å². The number of amides is 2. The second kappa shape index (κ2) is 9.93. The molecule has 6 rings (SSSR count). The summed E-state index contributed by atoms with van der Waals surface area (Å²) < 4.78 is 34.0. The molecule has 0 saturated carbocycles. The quantitative estimate of drug-likeness (QED) is 0.307. The smallest absolute Gasteiger partial charge is 0.282 e. The molecule has 10 nitrogen and oxygen atoms in total. The van der Waals surface area contributed by atoms with Crippen molar-refractivity contribution >= 4 is 56.9 Å². The van der Waals surface area contributed by atoms with Gasteiger partial charge in [0.1, 0.15) is 16.9 Å². The molecule has 0 aliphatic carbocycles. The fourth-order valence-corrected chi connectivity index (χ4v) is 6.84. The van der Waals surface area contributed by atoms with Crippen LogP contribution in [0.2, 0.25) is 5.15 Å². The zero-order valence-corrected chi connectivity index (χ0v) is 24.1. The van der Waals surface area contributed by atoms with Crippen molar-refractivity contribution in [2.75, 3.05) is 45.2 Å². The molecule has 4 aromatic rings. The molecule has 1 unspecified atom stereocenters. The number of imidazole rings is 1. The number of fused-ring (bicyclic) bond motifs is 3. The monoisotopic (exact) mass is 607 g/mol. The minimum atomic E-state index is -2.73. The van der Waals surface area contributed by atoms with Crippen molar-refractivity contribution in [3.8, 4) is 5.75 Å². The SMILES string of the molecule is Cc1nn2c3c(nc2s1)CCN(C(=O)COc1ccc(N2CC(F)(F)C2)nc1Cl)C3c1cc(C(=O)N(C)C)cs1. The van der Waals surface area contributed by atoms with Crippen molar-refractivity contribution in [2.24, 2.45) is 0 Å². The molecule has 0 radical (unpaired) electrons. The van der Waals surface area contributed by atoms with E-state index in [2.05, 4.69) is 10.1 Å². The fourth-order valence-electron chi connectivity index (χ4n) is 4.88. The first-order valence-electron chi connectivity index (χ1n) is 12.4. The van der Waals surface area contributed by atoms with E-state index in [1.165, 1.54) is 38.5 Å². The average Bonchev–Trinajstić information content (AvgIpc) is 3.59. The minimum Gasteiger partial charge on any atom is -0.481 e. The number of rotatable bonds is 6. The molecule has 1 atom stereocenters. The van der Waals surface area contributed by atoms with Crippen LogP contribution in [0.3, 0.4) is 0 Å². The lowest BCUT2D eigenvalue weighted by Gasteiger charge is -2.39. The van der Waals surface area contributed by atoms with E-state index in [1.807, 2.05) is 13.0 Å². The average molecular weight is 608 g/mol. The lowest BCUT2D eigenvalue weighted by Crippen LogP contribution is -2.56. The van der Waals surface area contributed by atoms with Crippen LogP contribution >= 0.6 is 34.3 Å². The highest BCUT2D eigenvalue weighted by molar-refractivity contribution is 7.16. The molecule has 6 heterocycles. The lowest BCUT2D eigenvalue weighted by atomic mass is 10.0. The van der Waals surface area contributed by atoms with Gasteiger partial charge >= 0.3 is 0 Å². The Morgan fingerprint density at radius 1 is 1.25 bits per heavy atom. The normalized spacial score (nSPS) is 18.0. The molecule has 0 spiro atoms. The van der Waals surface area contributed by atoms with Gasteiger partial charge in [-0.2, -0.15) is 5.10 Å². The van der Waals surface area contributed by atoms with Crippen LogP contribution < -0.4 is 9.64 Å². The maximum absolute atomic E-state index is 13.6. The first-order valence-corrected chi connectivity index (χ1v) is 14.4. The summed E-state index contributed by atoms with van der Waals surface area (Å²) in [5.41, 5.74) is 2.19. The van der Waals surface area contributed by atoms with Gasteiger partial charge < -0.3 is 19.4 Å². The molecule has 1 fully saturated rings. The number of aryl methyl sites for hydroxylation is 1. The van der Waals surface area contributed by atoms with Crippen molar-refractivity contribution < 1.29 is 23.1 Å². The zero-order chi connectivity index (χ0) is 28.3.